The standard InChI is InChI=1S/C24H14ClF4NO5S2/c25-19-11-15(37(34,35)24(27,28)29)9-10-20(19)30-23(32)18-12-21(16-3-1-2-4-17(16)22(18)31)36(33)14-7-5-13(26)6-8-14/h1-12,31H,(H,30,32). The number of aromatic hydroxyl groups is 1. The number of phenols is 1. The average Bonchev–Trinajstić information content (AvgIpc) is 2.85. The zero-order valence-electron chi connectivity index (χ0n) is 18.2. The molecule has 2 N–H and O–H groups in total. The maximum absolute atomic E-state index is 13.3. The van der Waals surface area contributed by atoms with E-state index < -0.39 is 53.5 Å². The number of benzene rings is 4. The van der Waals surface area contributed by atoms with Crippen molar-refractivity contribution < 1.29 is 40.1 Å². The van der Waals surface area contributed by atoms with E-state index in [0.717, 1.165) is 18.2 Å². The van der Waals surface area contributed by atoms with Crippen LogP contribution in [0.25, 0.3) is 10.8 Å². The van der Waals surface area contributed by atoms with Gasteiger partial charge >= 0.3 is 5.51 Å². The predicted octanol–water partition coefficient (Wildman–Crippen LogP) is 6.05. The molecule has 0 radical (unpaired) electrons. The quantitative estimate of drug-likeness (QED) is 0.284. The topological polar surface area (TPSA) is 101 Å². The largest absolute Gasteiger partial charge is 0.506 e. The summed E-state index contributed by atoms with van der Waals surface area (Å²) in [5.41, 5.74) is -6.12. The molecule has 0 spiro atoms. The molecule has 37 heavy (non-hydrogen) atoms. The second-order valence-corrected chi connectivity index (χ2v) is 11.4. The molecule has 0 heterocycles. The van der Waals surface area contributed by atoms with Gasteiger partial charge in [0.25, 0.3) is 15.7 Å². The van der Waals surface area contributed by atoms with Crippen LogP contribution in [0.1, 0.15) is 10.4 Å². The van der Waals surface area contributed by atoms with Crippen molar-refractivity contribution in [1.29, 1.82) is 0 Å². The third-order valence-corrected chi connectivity index (χ3v) is 8.49. The second kappa shape index (κ2) is 9.77. The Balaban J connectivity index is 1.75. The number of rotatable bonds is 5. The van der Waals surface area contributed by atoms with Crippen molar-refractivity contribution in [3.05, 3.63) is 89.2 Å². The smallest absolute Gasteiger partial charge is 0.501 e. The zero-order valence-corrected chi connectivity index (χ0v) is 20.6. The van der Waals surface area contributed by atoms with E-state index in [0.29, 0.717) is 17.5 Å². The molecular weight excluding hydrogens is 558 g/mol. The van der Waals surface area contributed by atoms with Gasteiger partial charge in [-0.3, -0.25) is 4.79 Å². The van der Waals surface area contributed by atoms with Gasteiger partial charge in [0.1, 0.15) is 11.6 Å². The summed E-state index contributed by atoms with van der Waals surface area (Å²) in [5.74, 6) is -1.98. The van der Waals surface area contributed by atoms with E-state index in [9.17, 15) is 40.1 Å². The lowest BCUT2D eigenvalue weighted by Gasteiger charge is -2.14. The first-order valence-corrected chi connectivity index (χ1v) is 13.2. The Kier molecular flexibility index (Phi) is 7.01. The molecule has 192 valence electrons. The molecule has 0 saturated carbocycles. The molecule has 0 aliphatic heterocycles. The van der Waals surface area contributed by atoms with Crippen LogP contribution in [0.5, 0.6) is 5.75 Å². The van der Waals surface area contributed by atoms with Gasteiger partial charge in [-0.2, -0.15) is 13.2 Å². The molecule has 1 atom stereocenters. The Morgan fingerprint density at radius 1 is 0.946 bits per heavy atom. The van der Waals surface area contributed by atoms with Crippen LogP contribution in [-0.2, 0) is 20.6 Å². The van der Waals surface area contributed by atoms with Crippen molar-refractivity contribution >= 4 is 54.6 Å². The summed E-state index contributed by atoms with van der Waals surface area (Å²) in [5, 5.41) is 13.1. The molecular formula is C24H14ClF4NO5S2. The van der Waals surface area contributed by atoms with Crippen LogP contribution < -0.4 is 5.32 Å². The van der Waals surface area contributed by atoms with Gasteiger partial charge in [0.15, 0.2) is 0 Å². The third-order valence-electron chi connectivity index (χ3n) is 5.25. The maximum Gasteiger partial charge on any atom is 0.501 e. The lowest BCUT2D eigenvalue weighted by atomic mass is 10.0. The van der Waals surface area contributed by atoms with Crippen LogP contribution >= 0.6 is 11.6 Å². The lowest BCUT2D eigenvalue weighted by Crippen LogP contribution is -2.23. The average molecular weight is 572 g/mol. The van der Waals surface area contributed by atoms with Crippen LogP contribution in [0.2, 0.25) is 5.02 Å². The van der Waals surface area contributed by atoms with Crippen molar-refractivity contribution in [2.45, 2.75) is 20.2 Å². The van der Waals surface area contributed by atoms with Crippen molar-refractivity contribution in [2.75, 3.05) is 5.32 Å². The lowest BCUT2D eigenvalue weighted by molar-refractivity contribution is -0.0436. The number of hydrogen-bond donors (Lipinski definition) is 2. The SMILES string of the molecule is O=C(Nc1ccc(S(=O)(=O)C(F)(F)F)cc1Cl)c1cc(S(=O)c2ccc(F)cc2)c2ccccc2c1O. The highest BCUT2D eigenvalue weighted by Crippen LogP contribution is 2.37. The number of nitrogens with one attached hydrogen (secondary N) is 1. The fourth-order valence-corrected chi connectivity index (χ4v) is 5.75. The van der Waals surface area contributed by atoms with Crippen LogP contribution in [-0.4, -0.2) is 29.1 Å². The van der Waals surface area contributed by atoms with Gasteiger partial charge in [0.2, 0.25) is 0 Å². The first kappa shape index (κ1) is 26.6. The number of halogens is 5. The van der Waals surface area contributed by atoms with Gasteiger partial charge in [-0.05, 0) is 48.5 Å². The minimum Gasteiger partial charge on any atom is -0.506 e. The summed E-state index contributed by atoms with van der Waals surface area (Å²) < 4.78 is 88.3. The fourth-order valence-electron chi connectivity index (χ4n) is 3.43. The molecule has 4 aromatic rings. The van der Waals surface area contributed by atoms with E-state index in [4.69, 9.17) is 11.6 Å². The highest BCUT2D eigenvalue weighted by molar-refractivity contribution is 7.92. The predicted molar refractivity (Wildman–Crippen MR) is 129 cm³/mol. The van der Waals surface area contributed by atoms with Gasteiger partial charge in [-0.25, -0.2) is 17.0 Å². The zero-order chi connectivity index (χ0) is 27.1. The molecule has 13 heteroatoms. The minimum absolute atomic E-state index is 0.128. The number of carbonyl (C=O) groups excluding carboxylic acids is 1. The number of sulfone groups is 1. The third kappa shape index (κ3) is 5.04. The number of fused-ring (bicyclic) bond motifs is 1. The van der Waals surface area contributed by atoms with E-state index >= 15 is 0 Å². The van der Waals surface area contributed by atoms with Crippen molar-refractivity contribution in [3.8, 4) is 5.75 Å². The highest BCUT2D eigenvalue weighted by atomic mass is 35.5. The normalized spacial score (nSPS) is 12.9. The second-order valence-electron chi connectivity index (χ2n) is 7.58. The molecule has 0 bridgehead atoms. The van der Waals surface area contributed by atoms with Gasteiger partial charge < -0.3 is 10.4 Å². The number of phenolic OH excluding ortho intramolecular Hbond substituents is 1. The Morgan fingerprint density at radius 2 is 1.57 bits per heavy atom. The van der Waals surface area contributed by atoms with Gasteiger partial charge in [0, 0.05) is 15.7 Å². The summed E-state index contributed by atoms with van der Waals surface area (Å²) in [7, 11) is -7.56. The summed E-state index contributed by atoms with van der Waals surface area (Å²) in [4.78, 5) is 12.3. The summed E-state index contributed by atoms with van der Waals surface area (Å²) in [6.07, 6.45) is 0. The summed E-state index contributed by atoms with van der Waals surface area (Å²) >= 11 is 5.94. The van der Waals surface area contributed by atoms with Crippen LogP contribution in [0.15, 0.2) is 87.5 Å². The Bertz CT molecular complexity index is 1670. The van der Waals surface area contributed by atoms with Crippen LogP contribution in [0.3, 0.4) is 0 Å². The number of anilines is 1. The van der Waals surface area contributed by atoms with Crippen LogP contribution in [0.4, 0.5) is 23.2 Å². The Hall–Kier alpha value is -3.48. The molecule has 6 nitrogen and oxygen atoms in total. The number of amides is 1. The molecule has 1 amide bonds. The van der Waals surface area contributed by atoms with E-state index in [1.54, 1.807) is 18.2 Å². The molecule has 4 aromatic carbocycles. The number of alkyl halides is 3. The Labute approximate surface area is 214 Å². The van der Waals surface area contributed by atoms with E-state index in [1.807, 2.05) is 0 Å². The van der Waals surface area contributed by atoms with Gasteiger partial charge in [0.05, 0.1) is 36.9 Å². The van der Waals surface area contributed by atoms with Gasteiger partial charge in [-0.1, -0.05) is 35.9 Å². The summed E-state index contributed by atoms with van der Waals surface area (Å²) in [6.45, 7) is 0. The molecule has 4 rings (SSSR count). The minimum atomic E-state index is -5.67. The number of hydrogen-bond acceptors (Lipinski definition) is 5. The van der Waals surface area contributed by atoms with E-state index in [1.165, 1.54) is 24.3 Å². The molecule has 0 aromatic heterocycles. The molecule has 0 saturated heterocycles. The number of carbonyl (C=O) groups is 1. The highest BCUT2D eigenvalue weighted by Gasteiger charge is 2.47. The molecule has 1 unspecified atom stereocenters. The maximum atomic E-state index is 13.3. The molecule has 0 aliphatic carbocycles. The first-order chi connectivity index (χ1) is 17.3. The fraction of sp³-hybridized carbons (Fsp3) is 0.0417. The van der Waals surface area contributed by atoms with E-state index in [2.05, 4.69) is 5.32 Å². The van der Waals surface area contributed by atoms with Crippen molar-refractivity contribution in [2.24, 2.45) is 0 Å². The Morgan fingerprint density at radius 3 is 2.16 bits per heavy atom. The van der Waals surface area contributed by atoms with Crippen molar-refractivity contribution in [3.63, 3.8) is 0 Å². The summed E-state index contributed by atoms with van der Waals surface area (Å²) in [6, 6.07) is 14.3. The first-order valence-electron chi connectivity index (χ1n) is 10.2. The molecule has 0 aliphatic rings. The molecule has 0 fully saturated rings. The monoisotopic (exact) mass is 571 g/mol. The van der Waals surface area contributed by atoms with Crippen LogP contribution in [0, 0.1) is 5.82 Å². The van der Waals surface area contributed by atoms with Crippen molar-refractivity contribution in [1.82, 2.24) is 0 Å². The van der Waals surface area contributed by atoms with Gasteiger partial charge in [-0.15, -0.1) is 0 Å². The van der Waals surface area contributed by atoms with E-state index in [-0.39, 0.29) is 26.4 Å².